The maximum absolute atomic E-state index is 11.9. The van der Waals surface area contributed by atoms with Crippen LogP contribution in [0, 0.1) is 52.3 Å². The fourth-order valence-corrected chi connectivity index (χ4v) is 12.8. The summed E-state index contributed by atoms with van der Waals surface area (Å²) in [5.41, 5.74) is 2.22. The number of aliphatic hydroxyl groups is 1. The Kier molecular flexibility index (Phi) is 16.8. The molecule has 0 spiro atoms. The molecule has 3 unspecified atom stereocenters. The van der Waals surface area contributed by atoms with Crippen molar-refractivity contribution in [3.05, 3.63) is 23.8 Å². The highest BCUT2D eigenvalue weighted by Gasteiger charge is 2.62. The molecule has 0 amide bonds. The van der Waals surface area contributed by atoms with Crippen LogP contribution in [0.15, 0.2) is 18.2 Å². The van der Waals surface area contributed by atoms with Gasteiger partial charge in [0.2, 0.25) is 0 Å². The van der Waals surface area contributed by atoms with Gasteiger partial charge in [-0.3, -0.25) is 0 Å². The SMILES string of the molecule is COc1ccc(CCCCCCCCCCNCCCN[C@H]2CC[C@]3(C)C4CC[C@@]5(C)C(CC[C@@H]5[C@H](C)CCCC(C)C)C4[C@H](O)C[C@H]3C2)cc1OC. The van der Waals surface area contributed by atoms with Gasteiger partial charge in [-0.1, -0.05) is 98.5 Å². The number of nitrogens with one attached hydrogen (secondary N) is 2. The monoisotopic (exact) mass is 737 g/mol. The number of aliphatic hydroxyl groups excluding tert-OH is 1. The van der Waals surface area contributed by atoms with Gasteiger partial charge in [0.05, 0.1) is 20.3 Å². The number of rotatable bonds is 23. The number of ether oxygens (including phenoxy) is 2. The lowest BCUT2D eigenvalue weighted by Gasteiger charge is -2.62. The van der Waals surface area contributed by atoms with Gasteiger partial charge < -0.3 is 25.2 Å². The van der Waals surface area contributed by atoms with Crippen LogP contribution in [0.5, 0.6) is 11.5 Å². The van der Waals surface area contributed by atoms with Gasteiger partial charge in [-0.2, -0.15) is 0 Å². The maximum atomic E-state index is 11.9. The van der Waals surface area contributed by atoms with Crippen LogP contribution in [0.2, 0.25) is 0 Å². The molecule has 53 heavy (non-hydrogen) atoms. The molecule has 0 saturated heterocycles. The first-order valence-corrected chi connectivity index (χ1v) is 22.9. The van der Waals surface area contributed by atoms with Gasteiger partial charge in [0.25, 0.3) is 0 Å². The average Bonchev–Trinajstić information content (AvgIpc) is 3.50. The van der Waals surface area contributed by atoms with Gasteiger partial charge in [-0.15, -0.1) is 0 Å². The first kappa shape index (κ1) is 42.8. The molecule has 0 heterocycles. The Balaban J connectivity index is 0.897. The van der Waals surface area contributed by atoms with E-state index in [2.05, 4.69) is 57.4 Å². The predicted octanol–water partition coefficient (Wildman–Crippen LogP) is 11.4. The van der Waals surface area contributed by atoms with E-state index in [1.807, 2.05) is 6.07 Å². The predicted molar refractivity (Wildman–Crippen MR) is 224 cm³/mol. The molecule has 5 heteroatoms. The number of hydrogen-bond acceptors (Lipinski definition) is 5. The van der Waals surface area contributed by atoms with Crippen LogP contribution in [-0.2, 0) is 6.42 Å². The summed E-state index contributed by atoms with van der Waals surface area (Å²) < 4.78 is 10.8. The number of benzene rings is 1. The summed E-state index contributed by atoms with van der Waals surface area (Å²) in [6.07, 6.45) is 27.7. The Morgan fingerprint density at radius 1 is 0.717 bits per heavy atom. The second-order valence-electron chi connectivity index (χ2n) is 19.6. The van der Waals surface area contributed by atoms with Gasteiger partial charge >= 0.3 is 0 Å². The van der Waals surface area contributed by atoms with Crippen molar-refractivity contribution in [2.24, 2.45) is 52.3 Å². The molecule has 3 N–H and O–H groups in total. The second kappa shape index (κ2) is 20.7. The molecule has 1 aromatic carbocycles. The molecule has 0 radical (unpaired) electrons. The Morgan fingerprint density at radius 2 is 1.40 bits per heavy atom. The minimum Gasteiger partial charge on any atom is -0.493 e. The van der Waals surface area contributed by atoms with Crippen LogP contribution in [-0.4, -0.2) is 51.1 Å². The molecule has 4 fully saturated rings. The summed E-state index contributed by atoms with van der Waals surface area (Å²) >= 11 is 0. The van der Waals surface area contributed by atoms with E-state index in [0.29, 0.717) is 28.7 Å². The summed E-state index contributed by atoms with van der Waals surface area (Å²) in [5, 5.41) is 19.6. The summed E-state index contributed by atoms with van der Waals surface area (Å²) in [5.74, 6) is 6.87. The number of unbranched alkanes of at least 4 members (excludes halogenated alkanes) is 7. The lowest BCUT2D eigenvalue weighted by atomic mass is 9.43. The Morgan fingerprint density at radius 3 is 2.13 bits per heavy atom. The van der Waals surface area contributed by atoms with Crippen LogP contribution >= 0.6 is 0 Å². The van der Waals surface area contributed by atoms with Crippen molar-refractivity contribution >= 4 is 0 Å². The first-order valence-electron chi connectivity index (χ1n) is 22.9. The summed E-state index contributed by atoms with van der Waals surface area (Å²) in [6.45, 7) is 16.0. The molecule has 0 aliphatic heterocycles. The largest absolute Gasteiger partial charge is 0.493 e. The molecule has 0 bridgehead atoms. The molecule has 5 rings (SSSR count). The molecule has 4 aliphatic carbocycles. The minimum absolute atomic E-state index is 0.0816. The molecule has 4 saturated carbocycles. The minimum atomic E-state index is -0.0816. The van der Waals surface area contributed by atoms with E-state index < -0.39 is 0 Å². The van der Waals surface area contributed by atoms with E-state index in [9.17, 15) is 5.11 Å². The fourth-order valence-electron chi connectivity index (χ4n) is 12.8. The van der Waals surface area contributed by atoms with Crippen molar-refractivity contribution in [3.63, 3.8) is 0 Å². The lowest BCUT2D eigenvalue weighted by Crippen LogP contribution is -2.59. The molecular weight excluding hydrogens is 653 g/mol. The fraction of sp³-hybridized carbons (Fsp3) is 0.875. The standard InChI is InChI=1S/C48H84N2O3/c1-35(2)18-16-19-36(3)40-22-23-41-46-42(26-28-48(40,41)5)47(4)27-25-39(33-38(47)34-43(46)51)50-31-17-30-49-29-15-13-11-9-8-10-12-14-20-37-21-24-44(52-6)45(32-37)53-7/h21,24,32,35-36,38-43,46,49-51H,8-20,22-23,25-31,33-34H2,1-7H3/t36-,38-,39+,40-,41?,42?,43-,46?,47+,48-/m1/s1. The van der Waals surface area contributed by atoms with Crippen molar-refractivity contribution in [3.8, 4) is 11.5 Å². The Hall–Kier alpha value is -1.30. The molecule has 304 valence electrons. The topological polar surface area (TPSA) is 62.8 Å². The van der Waals surface area contributed by atoms with Gasteiger partial charge in [0.1, 0.15) is 0 Å². The van der Waals surface area contributed by atoms with Crippen molar-refractivity contribution in [1.29, 1.82) is 0 Å². The zero-order chi connectivity index (χ0) is 37.8. The van der Waals surface area contributed by atoms with Gasteiger partial charge in [-0.05, 0) is 167 Å². The van der Waals surface area contributed by atoms with Crippen molar-refractivity contribution in [2.45, 2.75) is 182 Å². The van der Waals surface area contributed by atoms with Gasteiger partial charge in [0, 0.05) is 6.04 Å². The lowest BCUT2D eigenvalue weighted by molar-refractivity contribution is -0.167. The van der Waals surface area contributed by atoms with E-state index in [-0.39, 0.29) is 6.10 Å². The van der Waals surface area contributed by atoms with Gasteiger partial charge in [-0.25, -0.2) is 0 Å². The van der Waals surface area contributed by atoms with Crippen LogP contribution in [0.1, 0.15) is 169 Å². The molecule has 4 aliphatic rings. The number of hydrogen-bond donors (Lipinski definition) is 3. The third kappa shape index (κ3) is 11.0. The van der Waals surface area contributed by atoms with Crippen LogP contribution < -0.4 is 20.1 Å². The number of methoxy groups -OCH3 is 2. The molecule has 0 aromatic heterocycles. The quantitative estimate of drug-likeness (QED) is 0.0977. The van der Waals surface area contributed by atoms with E-state index >= 15 is 0 Å². The summed E-state index contributed by atoms with van der Waals surface area (Å²) in [7, 11) is 3.40. The smallest absolute Gasteiger partial charge is 0.160 e. The molecule has 1 aromatic rings. The second-order valence-corrected chi connectivity index (χ2v) is 19.6. The van der Waals surface area contributed by atoms with Crippen molar-refractivity contribution < 1.29 is 14.6 Å². The van der Waals surface area contributed by atoms with E-state index in [0.717, 1.165) is 73.6 Å². The van der Waals surface area contributed by atoms with Crippen molar-refractivity contribution in [1.82, 2.24) is 10.6 Å². The normalized spacial score (nSPS) is 33.0. The zero-order valence-electron chi connectivity index (χ0n) is 35.7. The van der Waals surface area contributed by atoms with E-state index in [1.54, 1.807) is 14.2 Å². The highest BCUT2D eigenvalue weighted by molar-refractivity contribution is 5.42. The first-order chi connectivity index (χ1) is 25.6. The summed E-state index contributed by atoms with van der Waals surface area (Å²) in [4.78, 5) is 0. The summed E-state index contributed by atoms with van der Waals surface area (Å²) in [6, 6.07) is 6.94. The molecule has 10 atom stereocenters. The Labute approximate surface area is 327 Å². The highest BCUT2D eigenvalue weighted by Crippen LogP contribution is 2.68. The highest BCUT2D eigenvalue weighted by atomic mass is 16.5. The Bertz CT molecular complexity index is 1210. The van der Waals surface area contributed by atoms with Crippen molar-refractivity contribution in [2.75, 3.05) is 33.9 Å². The van der Waals surface area contributed by atoms with Gasteiger partial charge in [0.15, 0.2) is 11.5 Å². The van der Waals surface area contributed by atoms with Crippen LogP contribution in [0.3, 0.4) is 0 Å². The third-order valence-corrected chi connectivity index (χ3v) is 15.9. The number of aryl methyl sites for hydroxylation is 1. The molecular formula is C48H84N2O3. The van der Waals surface area contributed by atoms with Crippen LogP contribution in [0.25, 0.3) is 0 Å². The third-order valence-electron chi connectivity index (χ3n) is 15.9. The molecule has 5 nitrogen and oxygen atoms in total. The maximum Gasteiger partial charge on any atom is 0.160 e. The average molecular weight is 737 g/mol. The number of fused-ring (bicyclic) bond motifs is 5. The zero-order valence-corrected chi connectivity index (χ0v) is 35.7. The van der Waals surface area contributed by atoms with Crippen LogP contribution in [0.4, 0.5) is 0 Å². The van der Waals surface area contributed by atoms with E-state index in [4.69, 9.17) is 9.47 Å². The van der Waals surface area contributed by atoms with E-state index in [1.165, 1.54) is 128 Å².